The normalized spacial score (nSPS) is 12.9. The van der Waals surface area contributed by atoms with Crippen molar-refractivity contribution in [2.24, 2.45) is 0 Å². The summed E-state index contributed by atoms with van der Waals surface area (Å²) in [5, 5.41) is 9.51. The van der Waals surface area contributed by atoms with Crippen molar-refractivity contribution >= 4 is 0 Å². The van der Waals surface area contributed by atoms with E-state index in [1.807, 2.05) is 39.0 Å². The minimum atomic E-state index is -0.788. The maximum absolute atomic E-state index is 9.51. The summed E-state index contributed by atoms with van der Waals surface area (Å²) in [6.45, 7) is 6.46. The Balaban J connectivity index is 2.84. The first-order chi connectivity index (χ1) is 6.15. The molecule has 13 heavy (non-hydrogen) atoms. The second-order valence-electron chi connectivity index (χ2n) is 3.15. The zero-order chi connectivity index (χ0) is 9.84. The van der Waals surface area contributed by atoms with Gasteiger partial charge in [0, 0.05) is 12.2 Å². The van der Waals surface area contributed by atoms with Crippen LogP contribution < -0.4 is 0 Å². The number of hydrogen-bond donors (Lipinski definition) is 1. The van der Waals surface area contributed by atoms with Gasteiger partial charge in [0.15, 0.2) is 6.29 Å². The average molecular weight is 180 g/mol. The van der Waals surface area contributed by atoms with Crippen molar-refractivity contribution in [1.82, 2.24) is 0 Å². The van der Waals surface area contributed by atoms with Crippen LogP contribution in [0.15, 0.2) is 18.2 Å². The molecular weight excluding hydrogens is 164 g/mol. The molecule has 0 spiro atoms. The molecule has 72 valence electrons. The molecule has 1 rings (SSSR count). The molecule has 0 saturated carbocycles. The Morgan fingerprint density at radius 2 is 2.00 bits per heavy atom. The van der Waals surface area contributed by atoms with E-state index in [-0.39, 0.29) is 0 Å². The Labute approximate surface area is 79.2 Å². The van der Waals surface area contributed by atoms with Crippen LogP contribution >= 0.6 is 0 Å². The molecule has 0 aliphatic carbocycles. The van der Waals surface area contributed by atoms with E-state index in [4.69, 9.17) is 4.74 Å². The highest BCUT2D eigenvalue weighted by Gasteiger charge is 2.06. The first-order valence-corrected chi connectivity index (χ1v) is 4.52. The third-order valence-electron chi connectivity index (χ3n) is 2.14. The highest BCUT2D eigenvalue weighted by molar-refractivity contribution is 5.30. The van der Waals surface area contributed by atoms with Crippen molar-refractivity contribution in [2.75, 3.05) is 6.61 Å². The van der Waals surface area contributed by atoms with Gasteiger partial charge < -0.3 is 9.84 Å². The molecule has 0 aliphatic rings. The minimum Gasteiger partial charge on any atom is -0.364 e. The van der Waals surface area contributed by atoms with Gasteiger partial charge in [0.05, 0.1) is 0 Å². The molecule has 0 amide bonds. The Morgan fingerprint density at radius 3 is 2.54 bits per heavy atom. The SMILES string of the molecule is CCOC(O)c1ccc(C)c(C)c1. The van der Waals surface area contributed by atoms with Gasteiger partial charge in [-0.25, -0.2) is 0 Å². The van der Waals surface area contributed by atoms with Crippen LogP contribution in [0.3, 0.4) is 0 Å². The Hall–Kier alpha value is -0.860. The molecule has 1 atom stereocenters. The monoisotopic (exact) mass is 180 g/mol. The van der Waals surface area contributed by atoms with E-state index in [9.17, 15) is 5.11 Å². The van der Waals surface area contributed by atoms with Gasteiger partial charge in [0.2, 0.25) is 0 Å². The van der Waals surface area contributed by atoms with Crippen molar-refractivity contribution < 1.29 is 9.84 Å². The highest BCUT2D eigenvalue weighted by atomic mass is 16.6. The smallest absolute Gasteiger partial charge is 0.181 e. The van der Waals surface area contributed by atoms with Crippen LogP contribution in [0.5, 0.6) is 0 Å². The van der Waals surface area contributed by atoms with Crippen LogP contribution in [-0.4, -0.2) is 11.7 Å². The zero-order valence-electron chi connectivity index (χ0n) is 8.37. The van der Waals surface area contributed by atoms with Crippen molar-refractivity contribution in [3.63, 3.8) is 0 Å². The molecule has 1 N–H and O–H groups in total. The van der Waals surface area contributed by atoms with Crippen LogP contribution in [0.25, 0.3) is 0 Å². The van der Waals surface area contributed by atoms with Crippen molar-refractivity contribution in [3.8, 4) is 0 Å². The largest absolute Gasteiger partial charge is 0.364 e. The summed E-state index contributed by atoms with van der Waals surface area (Å²) in [7, 11) is 0. The molecule has 2 nitrogen and oxygen atoms in total. The van der Waals surface area contributed by atoms with Gasteiger partial charge in [-0.15, -0.1) is 0 Å². The predicted octanol–water partition coefficient (Wildman–Crippen LogP) is 2.33. The molecule has 1 aromatic rings. The summed E-state index contributed by atoms with van der Waals surface area (Å²) in [5.41, 5.74) is 3.23. The molecule has 0 bridgehead atoms. The maximum atomic E-state index is 9.51. The van der Waals surface area contributed by atoms with Crippen molar-refractivity contribution in [2.45, 2.75) is 27.1 Å². The topological polar surface area (TPSA) is 29.5 Å². The Bertz CT molecular complexity index is 281. The third kappa shape index (κ3) is 2.54. The van der Waals surface area contributed by atoms with Crippen LogP contribution in [-0.2, 0) is 4.74 Å². The maximum Gasteiger partial charge on any atom is 0.181 e. The average Bonchev–Trinajstić information content (AvgIpc) is 2.10. The fourth-order valence-electron chi connectivity index (χ4n) is 1.17. The summed E-state index contributed by atoms with van der Waals surface area (Å²) in [6.07, 6.45) is -0.788. The minimum absolute atomic E-state index is 0.522. The number of ether oxygens (including phenoxy) is 1. The van der Waals surface area contributed by atoms with Gasteiger partial charge in [-0.1, -0.05) is 18.2 Å². The van der Waals surface area contributed by atoms with E-state index in [2.05, 4.69) is 0 Å². The molecule has 0 fully saturated rings. The van der Waals surface area contributed by atoms with Crippen molar-refractivity contribution in [3.05, 3.63) is 34.9 Å². The standard InChI is InChI=1S/C11H16O2/c1-4-13-11(12)10-6-5-8(2)9(3)7-10/h5-7,11-12H,4H2,1-3H3. The second-order valence-corrected chi connectivity index (χ2v) is 3.15. The van der Waals surface area contributed by atoms with E-state index >= 15 is 0 Å². The number of rotatable bonds is 3. The van der Waals surface area contributed by atoms with E-state index in [0.29, 0.717) is 6.61 Å². The van der Waals surface area contributed by atoms with Crippen molar-refractivity contribution in [1.29, 1.82) is 0 Å². The van der Waals surface area contributed by atoms with E-state index in [1.54, 1.807) is 0 Å². The lowest BCUT2D eigenvalue weighted by Crippen LogP contribution is -2.03. The van der Waals surface area contributed by atoms with Gasteiger partial charge >= 0.3 is 0 Å². The van der Waals surface area contributed by atoms with Gasteiger partial charge in [0.25, 0.3) is 0 Å². The molecule has 1 unspecified atom stereocenters. The Kier molecular flexibility index (Phi) is 3.46. The van der Waals surface area contributed by atoms with Crippen LogP contribution in [0.1, 0.15) is 29.9 Å². The lowest BCUT2D eigenvalue weighted by atomic mass is 10.1. The van der Waals surface area contributed by atoms with Crippen LogP contribution in [0, 0.1) is 13.8 Å². The Morgan fingerprint density at radius 1 is 1.31 bits per heavy atom. The number of benzene rings is 1. The molecular formula is C11H16O2. The summed E-state index contributed by atoms with van der Waals surface area (Å²) in [5.74, 6) is 0. The quantitative estimate of drug-likeness (QED) is 0.723. The van der Waals surface area contributed by atoms with Crippen LogP contribution in [0.2, 0.25) is 0 Å². The van der Waals surface area contributed by atoms with Crippen LogP contribution in [0.4, 0.5) is 0 Å². The van der Waals surface area contributed by atoms with E-state index < -0.39 is 6.29 Å². The van der Waals surface area contributed by atoms with Gasteiger partial charge in [-0.2, -0.15) is 0 Å². The van der Waals surface area contributed by atoms with E-state index in [0.717, 1.165) is 5.56 Å². The number of aryl methyl sites for hydroxylation is 2. The molecule has 2 heteroatoms. The number of aliphatic hydroxyl groups excluding tert-OH is 1. The lowest BCUT2D eigenvalue weighted by molar-refractivity contribution is -0.0980. The third-order valence-corrected chi connectivity index (χ3v) is 2.14. The molecule has 0 heterocycles. The fourth-order valence-corrected chi connectivity index (χ4v) is 1.17. The van der Waals surface area contributed by atoms with Gasteiger partial charge in [-0.05, 0) is 31.9 Å². The summed E-state index contributed by atoms with van der Waals surface area (Å²) < 4.78 is 5.08. The zero-order valence-corrected chi connectivity index (χ0v) is 8.37. The first-order valence-electron chi connectivity index (χ1n) is 4.52. The lowest BCUT2D eigenvalue weighted by Gasteiger charge is -2.12. The molecule has 0 saturated heterocycles. The summed E-state index contributed by atoms with van der Waals surface area (Å²) in [4.78, 5) is 0. The highest BCUT2D eigenvalue weighted by Crippen LogP contribution is 2.17. The van der Waals surface area contributed by atoms with Gasteiger partial charge in [-0.3, -0.25) is 0 Å². The fraction of sp³-hybridized carbons (Fsp3) is 0.455. The number of hydrogen-bond acceptors (Lipinski definition) is 2. The molecule has 0 aromatic heterocycles. The second kappa shape index (κ2) is 4.40. The molecule has 0 radical (unpaired) electrons. The first kappa shape index (κ1) is 10.2. The van der Waals surface area contributed by atoms with Gasteiger partial charge in [0.1, 0.15) is 0 Å². The molecule has 0 aliphatic heterocycles. The summed E-state index contributed by atoms with van der Waals surface area (Å²) in [6, 6.07) is 5.84. The molecule has 1 aromatic carbocycles. The van der Waals surface area contributed by atoms with E-state index in [1.165, 1.54) is 11.1 Å². The predicted molar refractivity (Wildman–Crippen MR) is 52.5 cm³/mol. The summed E-state index contributed by atoms with van der Waals surface area (Å²) >= 11 is 0. The number of aliphatic hydroxyl groups is 1.